The van der Waals surface area contributed by atoms with Crippen LogP contribution in [0.1, 0.15) is 66.7 Å². The van der Waals surface area contributed by atoms with Gasteiger partial charge in [-0.3, -0.25) is 4.90 Å². The van der Waals surface area contributed by atoms with Crippen LogP contribution in [0.2, 0.25) is 0 Å². The van der Waals surface area contributed by atoms with Crippen molar-refractivity contribution in [3.63, 3.8) is 0 Å². The van der Waals surface area contributed by atoms with Gasteiger partial charge >= 0.3 is 0 Å². The van der Waals surface area contributed by atoms with E-state index in [9.17, 15) is 0 Å². The van der Waals surface area contributed by atoms with Crippen molar-refractivity contribution in [1.82, 2.24) is 4.90 Å². The number of rotatable bonds is 4. The third-order valence-corrected chi connectivity index (χ3v) is 4.01. The zero-order valence-electron chi connectivity index (χ0n) is 12.5. The molecule has 102 valence electrons. The zero-order valence-corrected chi connectivity index (χ0v) is 12.5. The predicted molar refractivity (Wildman–Crippen MR) is 76.1 cm³/mol. The first-order valence-corrected chi connectivity index (χ1v) is 7.31. The first-order valence-electron chi connectivity index (χ1n) is 7.31. The van der Waals surface area contributed by atoms with E-state index in [1.54, 1.807) is 0 Å². The molecule has 1 heterocycles. The largest absolute Gasteiger partial charge is 0.328 e. The lowest BCUT2D eigenvalue weighted by atomic mass is 9.87. The predicted octanol–water partition coefficient (Wildman–Crippen LogP) is 3.40. The third-order valence-electron chi connectivity index (χ3n) is 4.01. The Hall–Kier alpha value is -0.0800. The van der Waals surface area contributed by atoms with Crippen LogP contribution in [0, 0.1) is 5.41 Å². The number of hydrogen-bond acceptors (Lipinski definition) is 2. The summed E-state index contributed by atoms with van der Waals surface area (Å²) in [4.78, 5) is 2.66. The highest BCUT2D eigenvalue weighted by molar-refractivity contribution is 4.81. The van der Waals surface area contributed by atoms with Crippen molar-refractivity contribution < 1.29 is 0 Å². The Morgan fingerprint density at radius 1 is 1.18 bits per heavy atom. The van der Waals surface area contributed by atoms with E-state index in [1.807, 2.05) is 0 Å². The molecular weight excluding hydrogens is 208 g/mol. The number of likely N-dealkylation sites (tertiary alicyclic amines) is 1. The van der Waals surface area contributed by atoms with Crippen molar-refractivity contribution in [3.8, 4) is 0 Å². The maximum Gasteiger partial charge on any atom is 0.00697 e. The summed E-state index contributed by atoms with van der Waals surface area (Å²) in [5.74, 6) is 0. The molecule has 0 saturated carbocycles. The highest BCUT2D eigenvalue weighted by Crippen LogP contribution is 2.24. The lowest BCUT2D eigenvalue weighted by Crippen LogP contribution is -2.45. The molecule has 17 heavy (non-hydrogen) atoms. The van der Waals surface area contributed by atoms with Crippen molar-refractivity contribution in [2.75, 3.05) is 6.54 Å². The number of hydrogen-bond donors (Lipinski definition) is 1. The molecule has 0 aromatic rings. The number of nitrogens with zero attached hydrogens (tertiary/aromatic N) is 1. The molecular formula is C15H32N2. The average Bonchev–Trinajstić information content (AvgIpc) is 2.14. The average molecular weight is 240 g/mol. The van der Waals surface area contributed by atoms with Crippen LogP contribution in [0.5, 0.6) is 0 Å². The normalized spacial score (nSPS) is 29.3. The summed E-state index contributed by atoms with van der Waals surface area (Å²) >= 11 is 0. The van der Waals surface area contributed by atoms with Crippen LogP contribution in [0.15, 0.2) is 0 Å². The molecule has 1 fully saturated rings. The molecule has 0 aromatic heterocycles. The first kappa shape index (κ1) is 15.0. The molecule has 0 spiro atoms. The zero-order chi connectivity index (χ0) is 13.1. The fraction of sp³-hybridized carbons (Fsp3) is 1.00. The van der Waals surface area contributed by atoms with E-state index in [-0.39, 0.29) is 0 Å². The highest BCUT2D eigenvalue weighted by Gasteiger charge is 2.25. The first-order chi connectivity index (χ1) is 7.79. The van der Waals surface area contributed by atoms with Crippen molar-refractivity contribution in [1.29, 1.82) is 0 Å². The van der Waals surface area contributed by atoms with E-state index in [1.165, 1.54) is 25.8 Å². The van der Waals surface area contributed by atoms with Crippen LogP contribution < -0.4 is 5.73 Å². The number of nitrogens with two attached hydrogens (primary N) is 1. The summed E-state index contributed by atoms with van der Waals surface area (Å²) in [7, 11) is 0. The summed E-state index contributed by atoms with van der Waals surface area (Å²) < 4.78 is 0. The second-order valence-corrected chi connectivity index (χ2v) is 7.18. The topological polar surface area (TPSA) is 29.3 Å². The molecule has 0 radical (unpaired) electrons. The van der Waals surface area contributed by atoms with Crippen LogP contribution in [0.4, 0.5) is 0 Å². The van der Waals surface area contributed by atoms with Crippen LogP contribution in [-0.2, 0) is 0 Å². The Morgan fingerprint density at radius 3 is 2.18 bits per heavy atom. The maximum atomic E-state index is 6.24. The van der Waals surface area contributed by atoms with Gasteiger partial charge in [0.1, 0.15) is 0 Å². The lowest BCUT2D eigenvalue weighted by molar-refractivity contribution is 0.0978. The summed E-state index contributed by atoms with van der Waals surface area (Å²) in [5.41, 5.74) is 6.60. The molecule has 2 heteroatoms. The molecule has 0 bridgehead atoms. The van der Waals surface area contributed by atoms with Gasteiger partial charge in [-0.2, -0.15) is 0 Å². The minimum atomic E-state index is 0.358. The second kappa shape index (κ2) is 6.19. The van der Waals surface area contributed by atoms with E-state index < -0.39 is 0 Å². The van der Waals surface area contributed by atoms with Crippen LogP contribution in [0.25, 0.3) is 0 Å². The van der Waals surface area contributed by atoms with Crippen LogP contribution >= 0.6 is 0 Å². The van der Waals surface area contributed by atoms with E-state index in [4.69, 9.17) is 5.73 Å². The highest BCUT2D eigenvalue weighted by atomic mass is 15.2. The van der Waals surface area contributed by atoms with Gasteiger partial charge in [0.15, 0.2) is 0 Å². The summed E-state index contributed by atoms with van der Waals surface area (Å²) in [6, 6.07) is 1.86. The van der Waals surface area contributed by atoms with E-state index >= 15 is 0 Å². The Kier molecular flexibility index (Phi) is 5.46. The van der Waals surface area contributed by atoms with Crippen LogP contribution in [-0.4, -0.2) is 29.6 Å². The standard InChI is InChI=1S/C15H32N2/c1-12-7-6-8-13(2)17(12)10-9-14(16)11-15(3,4)5/h12-14H,6-11,16H2,1-5H3/t12-,13+,14?. The molecule has 0 amide bonds. The van der Waals surface area contributed by atoms with E-state index in [0.717, 1.165) is 24.9 Å². The van der Waals surface area contributed by atoms with Gasteiger partial charge in [-0.05, 0) is 44.9 Å². The van der Waals surface area contributed by atoms with Crippen LogP contribution in [0.3, 0.4) is 0 Å². The molecule has 1 aliphatic heterocycles. The third kappa shape index (κ3) is 5.39. The van der Waals surface area contributed by atoms with E-state index in [2.05, 4.69) is 39.5 Å². The smallest absolute Gasteiger partial charge is 0.00697 e. The molecule has 0 aromatic carbocycles. The molecule has 2 N–H and O–H groups in total. The van der Waals surface area contributed by atoms with Gasteiger partial charge in [-0.1, -0.05) is 27.2 Å². The van der Waals surface area contributed by atoms with E-state index in [0.29, 0.717) is 11.5 Å². The van der Waals surface area contributed by atoms with Gasteiger partial charge in [-0.15, -0.1) is 0 Å². The molecule has 1 saturated heterocycles. The van der Waals surface area contributed by atoms with Crippen molar-refractivity contribution in [3.05, 3.63) is 0 Å². The fourth-order valence-electron chi connectivity index (χ4n) is 3.12. The van der Waals surface area contributed by atoms with Crippen molar-refractivity contribution >= 4 is 0 Å². The maximum absolute atomic E-state index is 6.24. The molecule has 3 atom stereocenters. The van der Waals surface area contributed by atoms with Gasteiger partial charge in [-0.25, -0.2) is 0 Å². The Bertz CT molecular complexity index is 209. The lowest BCUT2D eigenvalue weighted by Gasteiger charge is -2.39. The fourth-order valence-corrected chi connectivity index (χ4v) is 3.12. The monoisotopic (exact) mass is 240 g/mol. The van der Waals surface area contributed by atoms with Gasteiger partial charge in [0.2, 0.25) is 0 Å². The SMILES string of the molecule is C[C@@H]1CCC[C@H](C)N1CCC(N)CC(C)(C)C. The molecule has 1 aliphatic rings. The van der Waals surface area contributed by atoms with Gasteiger partial charge < -0.3 is 5.73 Å². The summed E-state index contributed by atoms with van der Waals surface area (Å²) in [5, 5.41) is 0. The Balaban J connectivity index is 2.33. The van der Waals surface area contributed by atoms with Crippen molar-refractivity contribution in [2.24, 2.45) is 11.1 Å². The van der Waals surface area contributed by atoms with Gasteiger partial charge in [0.25, 0.3) is 0 Å². The molecule has 1 unspecified atom stereocenters. The Labute approximate surface area is 108 Å². The Morgan fingerprint density at radius 2 is 1.71 bits per heavy atom. The van der Waals surface area contributed by atoms with Gasteiger partial charge in [0, 0.05) is 24.7 Å². The minimum absolute atomic E-state index is 0.358. The number of piperidine rings is 1. The second-order valence-electron chi connectivity index (χ2n) is 7.18. The van der Waals surface area contributed by atoms with Crippen molar-refractivity contribution in [2.45, 2.75) is 84.8 Å². The van der Waals surface area contributed by atoms with Gasteiger partial charge in [0.05, 0.1) is 0 Å². The quantitative estimate of drug-likeness (QED) is 0.816. The minimum Gasteiger partial charge on any atom is -0.328 e. The summed E-state index contributed by atoms with van der Waals surface area (Å²) in [6.07, 6.45) is 6.39. The summed E-state index contributed by atoms with van der Waals surface area (Å²) in [6.45, 7) is 12.7. The molecule has 0 aliphatic carbocycles. The molecule has 1 rings (SSSR count). The molecule has 2 nitrogen and oxygen atoms in total.